The van der Waals surface area contributed by atoms with Gasteiger partial charge in [0, 0.05) is 6.54 Å². The Balaban J connectivity index is 1.76. The Morgan fingerprint density at radius 2 is 1.90 bits per heavy atom. The molecule has 1 saturated heterocycles. The van der Waals surface area contributed by atoms with E-state index >= 15 is 0 Å². The average molecular weight is 291 g/mol. The number of aliphatic hydroxyl groups excluding tert-OH is 1. The van der Waals surface area contributed by atoms with E-state index in [-0.39, 0.29) is 18.5 Å². The van der Waals surface area contributed by atoms with Crippen LogP contribution in [0.4, 0.5) is 4.39 Å². The summed E-state index contributed by atoms with van der Waals surface area (Å²) >= 11 is 0. The third-order valence-electron chi connectivity index (χ3n) is 3.73. The summed E-state index contributed by atoms with van der Waals surface area (Å²) in [5.41, 5.74) is 1.03. The molecule has 1 atom stereocenters. The monoisotopic (exact) mass is 291 g/mol. The number of hydrogen-bond acceptors (Lipinski definition) is 4. The molecule has 3 rings (SSSR count). The van der Waals surface area contributed by atoms with Gasteiger partial charge in [-0.1, -0.05) is 12.1 Å². The number of rotatable bonds is 4. The Kier molecular flexibility index (Phi) is 4.34. The van der Waals surface area contributed by atoms with Gasteiger partial charge < -0.3 is 14.3 Å². The Hall–Kier alpha value is -1.69. The van der Waals surface area contributed by atoms with Gasteiger partial charge in [0.05, 0.1) is 25.8 Å². The second-order valence-corrected chi connectivity index (χ2v) is 5.14. The molecule has 1 aliphatic heterocycles. The first-order valence-corrected chi connectivity index (χ1v) is 7.02. The minimum absolute atomic E-state index is 0.0852. The average Bonchev–Trinajstić information content (AvgIpc) is 2.96. The van der Waals surface area contributed by atoms with Crippen molar-refractivity contribution in [2.75, 3.05) is 19.8 Å². The van der Waals surface area contributed by atoms with Crippen LogP contribution in [-0.4, -0.2) is 29.8 Å². The van der Waals surface area contributed by atoms with Crippen molar-refractivity contribution in [3.63, 3.8) is 0 Å². The lowest BCUT2D eigenvalue weighted by molar-refractivity contribution is -0.0156. The molecule has 0 aliphatic carbocycles. The van der Waals surface area contributed by atoms with E-state index in [4.69, 9.17) is 14.3 Å². The zero-order valence-electron chi connectivity index (χ0n) is 11.7. The molecule has 0 amide bonds. The van der Waals surface area contributed by atoms with E-state index in [0.29, 0.717) is 25.5 Å². The molecule has 0 spiro atoms. The molecule has 0 bridgehead atoms. The van der Waals surface area contributed by atoms with Crippen molar-refractivity contribution in [2.24, 2.45) is 0 Å². The SMILES string of the molecule is OCc1ccc(CN2CCOCC2c2ccc(F)cc2)o1. The van der Waals surface area contributed by atoms with Crippen LogP contribution in [0.1, 0.15) is 23.1 Å². The van der Waals surface area contributed by atoms with Crippen LogP contribution in [0, 0.1) is 5.82 Å². The second kappa shape index (κ2) is 6.39. The van der Waals surface area contributed by atoms with Gasteiger partial charge in [-0.15, -0.1) is 0 Å². The molecule has 21 heavy (non-hydrogen) atoms. The number of halogens is 1. The fourth-order valence-electron chi connectivity index (χ4n) is 2.61. The fourth-order valence-corrected chi connectivity index (χ4v) is 2.61. The molecular formula is C16H18FNO3. The predicted octanol–water partition coefficient (Wildman–Crippen LogP) is 2.48. The summed E-state index contributed by atoms with van der Waals surface area (Å²) in [6, 6.07) is 10.3. The molecule has 1 fully saturated rings. The highest BCUT2D eigenvalue weighted by molar-refractivity contribution is 5.21. The maximum absolute atomic E-state index is 13.1. The van der Waals surface area contributed by atoms with Crippen LogP contribution >= 0.6 is 0 Å². The van der Waals surface area contributed by atoms with E-state index in [0.717, 1.165) is 17.9 Å². The van der Waals surface area contributed by atoms with Crippen molar-refractivity contribution in [1.29, 1.82) is 0 Å². The molecule has 2 heterocycles. The highest BCUT2D eigenvalue weighted by atomic mass is 19.1. The molecule has 2 aromatic rings. The van der Waals surface area contributed by atoms with Gasteiger partial charge in [-0.3, -0.25) is 4.90 Å². The van der Waals surface area contributed by atoms with Crippen LogP contribution in [0.25, 0.3) is 0 Å². The number of nitrogens with zero attached hydrogens (tertiary/aromatic N) is 1. The van der Waals surface area contributed by atoms with Crippen molar-refractivity contribution in [1.82, 2.24) is 4.90 Å². The molecule has 0 saturated carbocycles. The third kappa shape index (κ3) is 3.32. The summed E-state index contributed by atoms with van der Waals surface area (Å²) in [7, 11) is 0. The predicted molar refractivity (Wildman–Crippen MR) is 75.0 cm³/mol. The van der Waals surface area contributed by atoms with Crippen LogP contribution in [0.5, 0.6) is 0 Å². The van der Waals surface area contributed by atoms with E-state index in [9.17, 15) is 4.39 Å². The Labute approximate surface area is 122 Å². The van der Waals surface area contributed by atoms with Gasteiger partial charge in [0.25, 0.3) is 0 Å². The number of furan rings is 1. The number of aliphatic hydroxyl groups is 1. The number of hydrogen-bond donors (Lipinski definition) is 1. The number of benzene rings is 1. The van der Waals surface area contributed by atoms with E-state index in [1.54, 1.807) is 18.2 Å². The van der Waals surface area contributed by atoms with E-state index in [2.05, 4.69) is 4.90 Å². The Morgan fingerprint density at radius 1 is 1.14 bits per heavy atom. The quantitative estimate of drug-likeness (QED) is 0.940. The van der Waals surface area contributed by atoms with E-state index < -0.39 is 0 Å². The number of ether oxygens (including phenoxy) is 1. The summed E-state index contributed by atoms with van der Waals surface area (Å²) in [5.74, 6) is 1.14. The van der Waals surface area contributed by atoms with Gasteiger partial charge in [0.15, 0.2) is 0 Å². The smallest absolute Gasteiger partial charge is 0.129 e. The third-order valence-corrected chi connectivity index (χ3v) is 3.73. The van der Waals surface area contributed by atoms with Crippen LogP contribution in [0.3, 0.4) is 0 Å². The molecule has 5 heteroatoms. The minimum Gasteiger partial charge on any atom is -0.462 e. The zero-order valence-corrected chi connectivity index (χ0v) is 11.7. The highest BCUT2D eigenvalue weighted by Gasteiger charge is 2.25. The summed E-state index contributed by atoms with van der Waals surface area (Å²) in [5, 5.41) is 9.05. The van der Waals surface area contributed by atoms with Gasteiger partial charge in [0.2, 0.25) is 0 Å². The molecule has 1 aliphatic rings. The molecule has 1 aromatic heterocycles. The molecular weight excluding hydrogens is 273 g/mol. The van der Waals surface area contributed by atoms with Crippen LogP contribution in [0.15, 0.2) is 40.8 Å². The van der Waals surface area contributed by atoms with Crippen molar-refractivity contribution in [3.8, 4) is 0 Å². The topological polar surface area (TPSA) is 45.8 Å². The normalized spacial score (nSPS) is 19.8. The lowest BCUT2D eigenvalue weighted by Crippen LogP contribution is -2.38. The first kappa shape index (κ1) is 14.3. The zero-order chi connectivity index (χ0) is 14.7. The van der Waals surface area contributed by atoms with Gasteiger partial charge in [0.1, 0.15) is 23.9 Å². The molecule has 0 radical (unpaired) electrons. The maximum Gasteiger partial charge on any atom is 0.129 e. The summed E-state index contributed by atoms with van der Waals surface area (Å²) in [6.07, 6.45) is 0. The second-order valence-electron chi connectivity index (χ2n) is 5.14. The Morgan fingerprint density at radius 3 is 2.62 bits per heavy atom. The van der Waals surface area contributed by atoms with Crippen molar-refractivity contribution in [3.05, 3.63) is 59.3 Å². The lowest BCUT2D eigenvalue weighted by Gasteiger charge is -2.35. The fraction of sp³-hybridized carbons (Fsp3) is 0.375. The summed E-state index contributed by atoms with van der Waals surface area (Å²) < 4.78 is 24.2. The van der Waals surface area contributed by atoms with Gasteiger partial charge in [-0.05, 0) is 29.8 Å². The highest BCUT2D eigenvalue weighted by Crippen LogP contribution is 2.26. The Bertz CT molecular complexity index is 581. The van der Waals surface area contributed by atoms with Gasteiger partial charge in [-0.25, -0.2) is 4.39 Å². The lowest BCUT2D eigenvalue weighted by atomic mass is 10.0. The van der Waals surface area contributed by atoms with Crippen molar-refractivity contribution in [2.45, 2.75) is 19.2 Å². The summed E-state index contributed by atoms with van der Waals surface area (Å²) in [4.78, 5) is 2.25. The van der Waals surface area contributed by atoms with Crippen molar-refractivity contribution < 1.29 is 18.7 Å². The molecule has 1 unspecified atom stereocenters. The van der Waals surface area contributed by atoms with Gasteiger partial charge in [-0.2, -0.15) is 0 Å². The maximum atomic E-state index is 13.1. The standard InChI is InChI=1S/C16H18FNO3/c17-13-3-1-12(2-4-13)16-11-20-8-7-18(16)9-14-5-6-15(10-19)21-14/h1-6,16,19H,7-11H2. The first-order chi connectivity index (χ1) is 10.3. The number of morpholine rings is 1. The van der Waals surface area contributed by atoms with Crippen LogP contribution in [-0.2, 0) is 17.9 Å². The first-order valence-electron chi connectivity index (χ1n) is 7.02. The van der Waals surface area contributed by atoms with E-state index in [1.807, 2.05) is 6.07 Å². The molecule has 1 N–H and O–H groups in total. The molecule has 112 valence electrons. The van der Waals surface area contributed by atoms with Crippen LogP contribution < -0.4 is 0 Å². The molecule has 1 aromatic carbocycles. The minimum atomic E-state index is -0.236. The van der Waals surface area contributed by atoms with Gasteiger partial charge >= 0.3 is 0 Å². The largest absolute Gasteiger partial charge is 0.462 e. The molecule has 4 nitrogen and oxygen atoms in total. The van der Waals surface area contributed by atoms with Crippen LogP contribution in [0.2, 0.25) is 0 Å². The van der Waals surface area contributed by atoms with E-state index in [1.165, 1.54) is 12.1 Å². The summed E-state index contributed by atoms with van der Waals surface area (Å²) in [6.45, 7) is 2.59. The van der Waals surface area contributed by atoms with Crippen molar-refractivity contribution >= 4 is 0 Å².